The molecule has 110 valence electrons. The number of nitrogens with zero attached hydrogens (tertiary/aromatic N) is 1. The first-order valence-electron chi connectivity index (χ1n) is 6.81. The molecule has 0 bridgehead atoms. The molecule has 0 heterocycles. The van der Waals surface area contributed by atoms with Gasteiger partial charge in [-0.15, -0.1) is 0 Å². The van der Waals surface area contributed by atoms with Gasteiger partial charge in [0.15, 0.2) is 0 Å². The van der Waals surface area contributed by atoms with Crippen molar-refractivity contribution in [1.29, 1.82) is 0 Å². The molecule has 0 saturated carbocycles. The Morgan fingerprint density at radius 1 is 1.24 bits per heavy atom. The molecule has 2 aromatic carbocycles. The van der Waals surface area contributed by atoms with Crippen LogP contribution in [0.5, 0.6) is 5.75 Å². The van der Waals surface area contributed by atoms with Gasteiger partial charge in [0.25, 0.3) is 5.69 Å². The van der Waals surface area contributed by atoms with Gasteiger partial charge in [-0.25, -0.2) is 0 Å². The van der Waals surface area contributed by atoms with E-state index in [0.29, 0.717) is 0 Å². The molecule has 2 rings (SSSR count). The second-order valence-electron chi connectivity index (χ2n) is 4.64. The zero-order valence-corrected chi connectivity index (χ0v) is 12.1. The summed E-state index contributed by atoms with van der Waals surface area (Å²) >= 11 is 0. The predicted octanol–water partition coefficient (Wildman–Crippen LogP) is 3.78. The highest BCUT2D eigenvalue weighted by Gasteiger charge is 2.10. The molecule has 5 heteroatoms. The topological polar surface area (TPSA) is 64.4 Å². The first kappa shape index (κ1) is 14.8. The summed E-state index contributed by atoms with van der Waals surface area (Å²) in [5.41, 5.74) is 2.84. The first-order chi connectivity index (χ1) is 10.1. The average molecular weight is 286 g/mol. The molecule has 0 unspecified atom stereocenters. The van der Waals surface area contributed by atoms with Crippen molar-refractivity contribution in [1.82, 2.24) is 0 Å². The van der Waals surface area contributed by atoms with Crippen LogP contribution >= 0.6 is 0 Å². The number of nitrogens with one attached hydrogen (secondary N) is 1. The van der Waals surface area contributed by atoms with Crippen molar-refractivity contribution in [3.63, 3.8) is 0 Å². The van der Waals surface area contributed by atoms with E-state index in [0.717, 1.165) is 23.4 Å². The van der Waals surface area contributed by atoms with E-state index in [1.165, 1.54) is 17.7 Å². The van der Waals surface area contributed by atoms with Crippen LogP contribution in [0, 0.1) is 10.1 Å². The van der Waals surface area contributed by atoms with Crippen molar-refractivity contribution in [3.8, 4) is 5.75 Å². The number of aryl methyl sites for hydroxylation is 1. The van der Waals surface area contributed by atoms with Crippen LogP contribution in [0.4, 0.5) is 11.4 Å². The number of hydrogen-bond donors (Lipinski definition) is 1. The molecular formula is C16H18N2O3. The van der Waals surface area contributed by atoms with Crippen LogP contribution in [0.25, 0.3) is 0 Å². The molecule has 0 amide bonds. The smallest absolute Gasteiger partial charge is 0.269 e. The van der Waals surface area contributed by atoms with E-state index in [-0.39, 0.29) is 12.3 Å². The molecule has 0 aliphatic carbocycles. The van der Waals surface area contributed by atoms with Crippen LogP contribution in [0.1, 0.15) is 18.1 Å². The number of ether oxygens (including phenoxy) is 1. The summed E-state index contributed by atoms with van der Waals surface area (Å²) in [6, 6.07) is 12.6. The van der Waals surface area contributed by atoms with Gasteiger partial charge in [0.05, 0.1) is 4.92 Å². The van der Waals surface area contributed by atoms with Crippen molar-refractivity contribution in [2.24, 2.45) is 0 Å². The standard InChI is InChI=1S/C16H18N2O3/c1-3-12-5-4-6-15(9-12)21-11-13-10-14(18(19)20)7-8-16(13)17-2/h4-10,17H,3,11H2,1-2H3. The van der Waals surface area contributed by atoms with Crippen LogP contribution < -0.4 is 10.1 Å². The zero-order valence-electron chi connectivity index (χ0n) is 12.1. The monoisotopic (exact) mass is 286 g/mol. The maximum Gasteiger partial charge on any atom is 0.269 e. The molecule has 21 heavy (non-hydrogen) atoms. The third kappa shape index (κ3) is 3.72. The van der Waals surface area contributed by atoms with E-state index in [1.54, 1.807) is 13.1 Å². The molecular weight excluding hydrogens is 268 g/mol. The molecule has 1 N–H and O–H groups in total. The molecule has 0 radical (unpaired) electrons. The third-order valence-corrected chi connectivity index (χ3v) is 3.27. The normalized spacial score (nSPS) is 10.2. The SMILES string of the molecule is CCc1cccc(OCc2cc([N+](=O)[O-])ccc2NC)c1. The van der Waals surface area contributed by atoms with E-state index in [2.05, 4.69) is 12.2 Å². The summed E-state index contributed by atoms with van der Waals surface area (Å²) in [4.78, 5) is 10.5. The minimum atomic E-state index is -0.402. The Bertz CT molecular complexity index is 641. The Morgan fingerprint density at radius 2 is 2.05 bits per heavy atom. The minimum Gasteiger partial charge on any atom is -0.489 e. The van der Waals surface area contributed by atoms with Crippen LogP contribution in [0.3, 0.4) is 0 Å². The number of benzene rings is 2. The maximum atomic E-state index is 10.9. The van der Waals surface area contributed by atoms with Crippen molar-refractivity contribution < 1.29 is 9.66 Å². The Labute approximate surface area is 123 Å². The van der Waals surface area contributed by atoms with Crippen molar-refractivity contribution >= 4 is 11.4 Å². The van der Waals surface area contributed by atoms with Gasteiger partial charge >= 0.3 is 0 Å². The van der Waals surface area contributed by atoms with Crippen molar-refractivity contribution in [3.05, 3.63) is 63.7 Å². The molecule has 0 spiro atoms. The molecule has 0 atom stereocenters. The summed E-state index contributed by atoms with van der Waals surface area (Å²) in [7, 11) is 1.78. The summed E-state index contributed by atoms with van der Waals surface area (Å²) < 4.78 is 5.75. The second kappa shape index (κ2) is 6.74. The highest BCUT2D eigenvalue weighted by molar-refractivity contribution is 5.55. The van der Waals surface area contributed by atoms with Gasteiger partial charge in [-0.05, 0) is 30.2 Å². The van der Waals surface area contributed by atoms with Gasteiger partial charge < -0.3 is 10.1 Å². The fraction of sp³-hybridized carbons (Fsp3) is 0.250. The fourth-order valence-electron chi connectivity index (χ4n) is 2.07. The molecule has 2 aromatic rings. The predicted molar refractivity (Wildman–Crippen MR) is 82.8 cm³/mol. The van der Waals surface area contributed by atoms with Crippen molar-refractivity contribution in [2.75, 3.05) is 12.4 Å². The van der Waals surface area contributed by atoms with Gasteiger partial charge in [0.1, 0.15) is 12.4 Å². The molecule has 0 aliphatic heterocycles. The quantitative estimate of drug-likeness (QED) is 0.648. The lowest BCUT2D eigenvalue weighted by atomic mass is 10.1. The number of nitro benzene ring substituents is 1. The lowest BCUT2D eigenvalue weighted by Crippen LogP contribution is -2.02. The average Bonchev–Trinajstić information content (AvgIpc) is 2.52. The first-order valence-corrected chi connectivity index (χ1v) is 6.81. The summed E-state index contributed by atoms with van der Waals surface area (Å²) in [5.74, 6) is 0.767. The Morgan fingerprint density at radius 3 is 2.71 bits per heavy atom. The summed E-state index contributed by atoms with van der Waals surface area (Å²) in [6.45, 7) is 2.36. The highest BCUT2D eigenvalue weighted by Crippen LogP contribution is 2.24. The van der Waals surface area contributed by atoms with Crippen LogP contribution in [0.15, 0.2) is 42.5 Å². The van der Waals surface area contributed by atoms with E-state index < -0.39 is 4.92 Å². The summed E-state index contributed by atoms with van der Waals surface area (Å²) in [5, 5.41) is 13.9. The number of non-ortho nitro benzene ring substituents is 1. The second-order valence-corrected chi connectivity index (χ2v) is 4.64. The van der Waals surface area contributed by atoms with E-state index in [9.17, 15) is 10.1 Å². The van der Waals surface area contributed by atoms with Crippen LogP contribution in [0.2, 0.25) is 0 Å². The minimum absolute atomic E-state index is 0.0647. The van der Waals surface area contributed by atoms with E-state index >= 15 is 0 Å². The lowest BCUT2D eigenvalue weighted by Gasteiger charge is -2.11. The number of rotatable bonds is 6. The molecule has 0 aromatic heterocycles. The van der Waals surface area contributed by atoms with Crippen molar-refractivity contribution in [2.45, 2.75) is 20.0 Å². The Hall–Kier alpha value is -2.56. The van der Waals surface area contributed by atoms with Gasteiger partial charge in [-0.1, -0.05) is 19.1 Å². The van der Waals surface area contributed by atoms with Gasteiger partial charge in [0, 0.05) is 30.4 Å². The Balaban J connectivity index is 2.17. The van der Waals surface area contributed by atoms with Gasteiger partial charge in [-0.3, -0.25) is 10.1 Å². The van der Waals surface area contributed by atoms with E-state index in [4.69, 9.17) is 4.74 Å². The fourth-order valence-corrected chi connectivity index (χ4v) is 2.07. The number of nitro groups is 1. The van der Waals surface area contributed by atoms with Gasteiger partial charge in [-0.2, -0.15) is 0 Å². The zero-order chi connectivity index (χ0) is 15.2. The maximum absolute atomic E-state index is 10.9. The van der Waals surface area contributed by atoms with E-state index in [1.807, 2.05) is 24.3 Å². The number of hydrogen-bond acceptors (Lipinski definition) is 4. The summed E-state index contributed by atoms with van der Waals surface area (Å²) in [6.07, 6.45) is 0.940. The van der Waals surface area contributed by atoms with Crippen LogP contribution in [-0.2, 0) is 13.0 Å². The Kier molecular flexibility index (Phi) is 4.77. The highest BCUT2D eigenvalue weighted by atomic mass is 16.6. The largest absolute Gasteiger partial charge is 0.489 e. The number of anilines is 1. The lowest BCUT2D eigenvalue weighted by molar-refractivity contribution is -0.384. The van der Waals surface area contributed by atoms with Gasteiger partial charge in [0.2, 0.25) is 0 Å². The molecule has 5 nitrogen and oxygen atoms in total. The molecule has 0 saturated heterocycles. The molecule has 0 fully saturated rings. The molecule has 0 aliphatic rings. The third-order valence-electron chi connectivity index (χ3n) is 3.27. The van der Waals surface area contributed by atoms with Crippen LogP contribution in [-0.4, -0.2) is 12.0 Å².